The Morgan fingerprint density at radius 2 is 1.53 bits per heavy atom. The number of aromatic nitrogens is 2. The van der Waals surface area contributed by atoms with Gasteiger partial charge in [-0.25, -0.2) is 4.39 Å². The van der Waals surface area contributed by atoms with Gasteiger partial charge in [0.05, 0.1) is 8.30 Å². The SMILES string of the molecule is [2H]C([2H])(C(=O)N(CCN(CC)CC)Cc1ccc(-c2ccc(C(F)(F)F)cc2)cc1)n1c(SCc2ccc(F)cc2)nc(=O)c2c1CCC2. The maximum absolute atomic E-state index is 14.4. The standard InChI is InChI=1S/C36H38F4N4O2S/c1-3-42(4-2)20-21-43(22-25-8-12-27(13-9-25)28-14-16-29(17-15-28)36(38,39)40)33(45)23-44-32-7-5-6-31(32)34(46)41-35(44)47-24-26-10-18-30(37)19-11-26/h8-19H,3-7,20-24H2,1-2H3/i23D2. The van der Waals surface area contributed by atoms with E-state index in [-0.39, 0.29) is 29.8 Å². The molecule has 5 rings (SSSR count). The summed E-state index contributed by atoms with van der Waals surface area (Å²) in [6.45, 7) is 3.73. The number of likely N-dealkylation sites (N-methyl/N-ethyl adjacent to an activating group) is 1. The zero-order chi connectivity index (χ0) is 35.3. The van der Waals surface area contributed by atoms with Crippen LogP contribution in [-0.2, 0) is 42.6 Å². The number of amides is 1. The van der Waals surface area contributed by atoms with Crippen LogP contribution in [0, 0.1) is 5.82 Å². The van der Waals surface area contributed by atoms with Crippen LogP contribution < -0.4 is 5.56 Å². The largest absolute Gasteiger partial charge is 0.416 e. The van der Waals surface area contributed by atoms with E-state index in [4.69, 9.17) is 0 Å². The van der Waals surface area contributed by atoms with Crippen molar-refractivity contribution in [2.24, 2.45) is 0 Å². The molecule has 0 saturated heterocycles. The van der Waals surface area contributed by atoms with Crippen molar-refractivity contribution in [2.45, 2.75) is 63.2 Å². The molecule has 0 N–H and O–H groups in total. The average Bonchev–Trinajstić information content (AvgIpc) is 3.58. The Kier molecular flexibility index (Phi) is 10.3. The second-order valence-electron chi connectivity index (χ2n) is 11.4. The molecule has 0 bridgehead atoms. The molecular weight excluding hydrogens is 628 g/mol. The first-order chi connectivity index (χ1) is 23.3. The number of hydrogen-bond donors (Lipinski definition) is 0. The third-order valence-electron chi connectivity index (χ3n) is 8.33. The topological polar surface area (TPSA) is 58.4 Å². The molecule has 11 heteroatoms. The first kappa shape index (κ1) is 31.6. The molecule has 0 spiro atoms. The van der Waals surface area contributed by atoms with Gasteiger partial charge in [0.2, 0.25) is 5.91 Å². The third-order valence-corrected chi connectivity index (χ3v) is 9.34. The molecule has 1 aliphatic carbocycles. The van der Waals surface area contributed by atoms with E-state index in [1.165, 1.54) is 33.7 Å². The van der Waals surface area contributed by atoms with E-state index < -0.39 is 29.7 Å². The molecule has 3 aromatic carbocycles. The first-order valence-corrected chi connectivity index (χ1v) is 16.6. The van der Waals surface area contributed by atoms with Crippen molar-refractivity contribution in [3.8, 4) is 11.1 Å². The van der Waals surface area contributed by atoms with Gasteiger partial charge in [-0.2, -0.15) is 18.2 Å². The molecule has 0 radical (unpaired) electrons. The average molecular weight is 669 g/mol. The second-order valence-corrected chi connectivity index (χ2v) is 12.3. The highest BCUT2D eigenvalue weighted by Crippen LogP contribution is 2.31. The van der Waals surface area contributed by atoms with Crippen LogP contribution in [0.25, 0.3) is 11.1 Å². The van der Waals surface area contributed by atoms with Gasteiger partial charge in [-0.05, 0) is 78.9 Å². The van der Waals surface area contributed by atoms with E-state index in [0.29, 0.717) is 53.8 Å². The number of rotatable bonds is 13. The van der Waals surface area contributed by atoms with Crippen molar-refractivity contribution in [1.29, 1.82) is 0 Å². The number of thioether (sulfide) groups is 1. The summed E-state index contributed by atoms with van der Waals surface area (Å²) >= 11 is 1.12. The summed E-state index contributed by atoms with van der Waals surface area (Å²) in [5, 5.41) is 0.0814. The van der Waals surface area contributed by atoms with Crippen LogP contribution in [0.15, 0.2) is 82.7 Å². The van der Waals surface area contributed by atoms with Crippen LogP contribution in [0.3, 0.4) is 0 Å². The Labute approximate surface area is 279 Å². The second kappa shape index (κ2) is 15.3. The van der Waals surface area contributed by atoms with Gasteiger partial charge in [-0.15, -0.1) is 0 Å². The quantitative estimate of drug-likeness (QED) is 0.0856. The molecular formula is C36H38F4N4O2S. The zero-order valence-corrected chi connectivity index (χ0v) is 27.1. The summed E-state index contributed by atoms with van der Waals surface area (Å²) in [6.07, 6.45) is -2.92. The molecule has 1 aliphatic rings. The van der Waals surface area contributed by atoms with Crippen LogP contribution in [0.4, 0.5) is 17.6 Å². The molecule has 0 aliphatic heterocycles. The molecule has 248 valence electrons. The number of fused-ring (bicyclic) bond motifs is 1. The highest BCUT2D eigenvalue weighted by atomic mass is 32.2. The monoisotopic (exact) mass is 668 g/mol. The number of halogens is 4. The van der Waals surface area contributed by atoms with E-state index >= 15 is 0 Å². The number of nitrogens with zero attached hydrogens (tertiary/aromatic N) is 4. The van der Waals surface area contributed by atoms with Crippen molar-refractivity contribution in [3.05, 3.63) is 117 Å². The third kappa shape index (κ3) is 8.70. The molecule has 6 nitrogen and oxygen atoms in total. The van der Waals surface area contributed by atoms with Gasteiger partial charge in [-0.1, -0.05) is 74.1 Å². The number of alkyl halides is 3. The highest BCUT2D eigenvalue weighted by molar-refractivity contribution is 7.98. The minimum atomic E-state index is -4.43. The minimum absolute atomic E-state index is 0.0814. The lowest BCUT2D eigenvalue weighted by Gasteiger charge is -2.28. The van der Waals surface area contributed by atoms with Gasteiger partial charge in [0.25, 0.3) is 5.56 Å². The normalized spacial score (nSPS) is 13.8. The predicted molar refractivity (Wildman–Crippen MR) is 177 cm³/mol. The number of benzene rings is 3. The molecule has 0 unspecified atom stereocenters. The summed E-state index contributed by atoms with van der Waals surface area (Å²) in [7, 11) is 0. The fourth-order valence-corrected chi connectivity index (χ4v) is 6.48. The van der Waals surface area contributed by atoms with Gasteiger partial charge < -0.3 is 14.4 Å². The molecule has 47 heavy (non-hydrogen) atoms. The molecule has 0 atom stereocenters. The van der Waals surface area contributed by atoms with Crippen LogP contribution in [0.5, 0.6) is 0 Å². The van der Waals surface area contributed by atoms with E-state index in [1.54, 1.807) is 36.4 Å². The minimum Gasteiger partial charge on any atom is -0.336 e. The summed E-state index contributed by atoms with van der Waals surface area (Å²) in [6, 6.07) is 17.9. The molecule has 4 aromatic rings. The Morgan fingerprint density at radius 3 is 2.15 bits per heavy atom. The van der Waals surface area contributed by atoms with E-state index in [1.807, 2.05) is 13.8 Å². The molecule has 1 heterocycles. The van der Waals surface area contributed by atoms with Crippen LogP contribution >= 0.6 is 11.8 Å². The smallest absolute Gasteiger partial charge is 0.336 e. The Hall–Kier alpha value is -3.96. The van der Waals surface area contributed by atoms with Crippen molar-refractivity contribution >= 4 is 17.7 Å². The predicted octanol–water partition coefficient (Wildman–Crippen LogP) is 7.22. The number of carbonyl (C=O) groups is 1. The van der Waals surface area contributed by atoms with Crippen molar-refractivity contribution in [1.82, 2.24) is 19.4 Å². The lowest BCUT2D eigenvalue weighted by atomic mass is 10.0. The Balaban J connectivity index is 1.45. The van der Waals surface area contributed by atoms with Crippen LogP contribution in [-0.4, -0.2) is 51.4 Å². The first-order valence-electron chi connectivity index (χ1n) is 16.6. The Morgan fingerprint density at radius 1 is 0.915 bits per heavy atom. The van der Waals surface area contributed by atoms with Crippen LogP contribution in [0.1, 0.15) is 51.0 Å². The van der Waals surface area contributed by atoms with Crippen molar-refractivity contribution in [3.63, 3.8) is 0 Å². The number of carbonyl (C=O) groups excluding carboxylic acids is 1. The van der Waals surface area contributed by atoms with Crippen LogP contribution in [0.2, 0.25) is 0 Å². The van der Waals surface area contributed by atoms with Crippen molar-refractivity contribution in [2.75, 3.05) is 26.2 Å². The van der Waals surface area contributed by atoms with Gasteiger partial charge in [-0.3, -0.25) is 9.59 Å². The zero-order valence-electron chi connectivity index (χ0n) is 28.3. The summed E-state index contributed by atoms with van der Waals surface area (Å²) in [5.41, 5.74) is 2.49. The van der Waals surface area contributed by atoms with Gasteiger partial charge in [0.1, 0.15) is 12.3 Å². The lowest BCUT2D eigenvalue weighted by Crippen LogP contribution is -2.40. The lowest BCUT2D eigenvalue weighted by molar-refractivity contribution is -0.137. The molecule has 1 aromatic heterocycles. The highest BCUT2D eigenvalue weighted by Gasteiger charge is 2.30. The molecule has 0 fully saturated rings. The van der Waals surface area contributed by atoms with E-state index in [2.05, 4.69) is 9.88 Å². The maximum atomic E-state index is 14.4. The Bertz CT molecular complexity index is 1810. The molecule has 0 saturated carbocycles. The molecule has 1 amide bonds. The van der Waals surface area contributed by atoms with Gasteiger partial charge in [0, 0.05) is 36.6 Å². The van der Waals surface area contributed by atoms with Gasteiger partial charge in [0.15, 0.2) is 5.16 Å². The van der Waals surface area contributed by atoms with E-state index in [9.17, 15) is 29.9 Å². The van der Waals surface area contributed by atoms with Gasteiger partial charge >= 0.3 is 6.18 Å². The maximum Gasteiger partial charge on any atom is 0.416 e. The fraction of sp³-hybridized carbons (Fsp3) is 0.361. The number of hydrogen-bond acceptors (Lipinski definition) is 5. The summed E-state index contributed by atoms with van der Waals surface area (Å²) in [5.74, 6) is -0.885. The van der Waals surface area contributed by atoms with E-state index in [0.717, 1.165) is 42.5 Å². The summed E-state index contributed by atoms with van der Waals surface area (Å²) in [4.78, 5) is 35.2. The van der Waals surface area contributed by atoms with Crippen molar-refractivity contribution < 1.29 is 25.1 Å². The fourth-order valence-electron chi connectivity index (χ4n) is 5.56. The summed E-state index contributed by atoms with van der Waals surface area (Å²) < 4.78 is 72.5.